The molecule has 0 spiro atoms. The lowest BCUT2D eigenvalue weighted by Crippen LogP contribution is -2.47. The Morgan fingerprint density at radius 2 is 1.87 bits per heavy atom. The Morgan fingerprint density at radius 3 is 2.48 bits per heavy atom. The Morgan fingerprint density at radius 1 is 1.22 bits per heavy atom. The van der Waals surface area contributed by atoms with E-state index in [4.69, 9.17) is 0 Å². The van der Waals surface area contributed by atoms with Crippen molar-refractivity contribution >= 4 is 18.3 Å². The Bertz CT molecular complexity index is 501. The van der Waals surface area contributed by atoms with E-state index in [1.54, 1.807) is 0 Å². The molecule has 128 valence electrons. The third-order valence-electron chi connectivity index (χ3n) is 4.44. The average Bonchev–Trinajstić information content (AvgIpc) is 3.38. The fourth-order valence-electron chi connectivity index (χ4n) is 2.97. The maximum atomic E-state index is 13.0. The van der Waals surface area contributed by atoms with Gasteiger partial charge in [0.15, 0.2) is 0 Å². The van der Waals surface area contributed by atoms with Crippen molar-refractivity contribution in [1.29, 1.82) is 0 Å². The summed E-state index contributed by atoms with van der Waals surface area (Å²) < 4.78 is 13.0. The highest BCUT2D eigenvalue weighted by Gasteiger charge is 2.29. The van der Waals surface area contributed by atoms with Crippen molar-refractivity contribution in [3.05, 3.63) is 35.6 Å². The number of rotatable bonds is 6. The van der Waals surface area contributed by atoms with E-state index >= 15 is 0 Å². The highest BCUT2D eigenvalue weighted by Crippen LogP contribution is 2.28. The second-order valence-electron chi connectivity index (χ2n) is 6.21. The summed E-state index contributed by atoms with van der Waals surface area (Å²) in [7, 11) is 0. The minimum atomic E-state index is -0.199. The lowest BCUT2D eigenvalue weighted by Gasteiger charge is -2.29. The smallest absolute Gasteiger partial charge is 0.223 e. The minimum Gasteiger partial charge on any atom is -0.340 e. The van der Waals surface area contributed by atoms with Crippen LogP contribution in [0.2, 0.25) is 0 Å². The molecule has 6 heteroatoms. The topological polar surface area (TPSA) is 35.6 Å². The lowest BCUT2D eigenvalue weighted by atomic mass is 10.2. The zero-order valence-electron chi connectivity index (χ0n) is 13.3. The van der Waals surface area contributed by atoms with E-state index in [1.165, 1.54) is 25.0 Å². The molecular formula is C17H25ClFN3O. The second-order valence-corrected chi connectivity index (χ2v) is 6.21. The number of carbonyl (C=O) groups is 1. The van der Waals surface area contributed by atoms with Crippen LogP contribution >= 0.6 is 12.4 Å². The molecule has 0 radical (unpaired) electrons. The van der Waals surface area contributed by atoms with Gasteiger partial charge >= 0.3 is 0 Å². The Kier molecular flexibility index (Phi) is 6.81. The van der Waals surface area contributed by atoms with Crippen LogP contribution in [0.15, 0.2) is 24.3 Å². The van der Waals surface area contributed by atoms with Gasteiger partial charge in [-0.25, -0.2) is 4.39 Å². The first kappa shape index (κ1) is 18.2. The summed E-state index contributed by atoms with van der Waals surface area (Å²) in [5, 5.41) is 3.26. The number of hydrogen-bond acceptors (Lipinski definition) is 3. The van der Waals surface area contributed by atoms with Crippen LogP contribution in [0.3, 0.4) is 0 Å². The number of nitrogens with zero attached hydrogens (tertiary/aromatic N) is 2. The summed E-state index contributed by atoms with van der Waals surface area (Å²) in [4.78, 5) is 16.6. The quantitative estimate of drug-likeness (QED) is 0.860. The molecule has 2 fully saturated rings. The fraction of sp³-hybridized carbons (Fsp3) is 0.588. The van der Waals surface area contributed by atoms with E-state index in [1.807, 2.05) is 17.0 Å². The van der Waals surface area contributed by atoms with Crippen LogP contribution in [0.4, 0.5) is 4.39 Å². The summed E-state index contributed by atoms with van der Waals surface area (Å²) >= 11 is 0. The Balaban J connectivity index is 0.00000192. The standard InChI is InChI=1S/C17H24FN3O.ClH/c18-15-3-1-14(2-4-15)13-21(16-5-6-16)10-7-17(22)20-11-8-19-9-12-20;/h1-4,16,19H,5-13H2;1H. The van der Waals surface area contributed by atoms with Gasteiger partial charge in [-0.1, -0.05) is 12.1 Å². The molecule has 1 aliphatic carbocycles. The zero-order chi connectivity index (χ0) is 15.4. The van der Waals surface area contributed by atoms with Crippen molar-refractivity contribution in [2.75, 3.05) is 32.7 Å². The van der Waals surface area contributed by atoms with Crippen molar-refractivity contribution in [1.82, 2.24) is 15.1 Å². The van der Waals surface area contributed by atoms with Crippen molar-refractivity contribution < 1.29 is 9.18 Å². The predicted molar refractivity (Wildman–Crippen MR) is 91.1 cm³/mol. The molecule has 1 N–H and O–H groups in total. The molecular weight excluding hydrogens is 317 g/mol. The van der Waals surface area contributed by atoms with E-state index in [0.29, 0.717) is 12.5 Å². The van der Waals surface area contributed by atoms with Crippen LogP contribution in [0.1, 0.15) is 24.8 Å². The number of nitrogens with one attached hydrogen (secondary N) is 1. The molecule has 1 aromatic carbocycles. The zero-order valence-corrected chi connectivity index (χ0v) is 14.2. The molecule has 1 aliphatic heterocycles. The molecule has 1 heterocycles. The minimum absolute atomic E-state index is 0. The Hall–Kier alpha value is -1.17. The van der Waals surface area contributed by atoms with Crippen LogP contribution in [-0.4, -0.2) is 54.5 Å². The number of hydrogen-bond donors (Lipinski definition) is 1. The van der Waals surface area contributed by atoms with Crippen LogP contribution in [0.25, 0.3) is 0 Å². The van der Waals surface area contributed by atoms with E-state index in [9.17, 15) is 9.18 Å². The molecule has 0 atom stereocenters. The van der Waals surface area contributed by atoms with Gasteiger partial charge in [0.1, 0.15) is 5.82 Å². The number of halogens is 2. The molecule has 4 nitrogen and oxygen atoms in total. The van der Waals surface area contributed by atoms with Crippen molar-refractivity contribution in [2.45, 2.75) is 31.8 Å². The third kappa shape index (κ3) is 5.44. The molecule has 1 saturated heterocycles. The summed E-state index contributed by atoms with van der Waals surface area (Å²) in [6, 6.07) is 7.28. The van der Waals surface area contributed by atoms with Crippen molar-refractivity contribution in [2.24, 2.45) is 0 Å². The maximum Gasteiger partial charge on any atom is 0.223 e. The molecule has 1 saturated carbocycles. The second kappa shape index (κ2) is 8.62. The van der Waals surface area contributed by atoms with Gasteiger partial charge in [0, 0.05) is 51.7 Å². The molecule has 1 amide bonds. The summed E-state index contributed by atoms with van der Waals surface area (Å²) in [5.74, 6) is 0.0573. The van der Waals surface area contributed by atoms with Crippen LogP contribution < -0.4 is 5.32 Å². The van der Waals surface area contributed by atoms with Gasteiger partial charge in [-0.2, -0.15) is 0 Å². The van der Waals surface area contributed by atoms with Crippen molar-refractivity contribution in [3.63, 3.8) is 0 Å². The first-order valence-corrected chi connectivity index (χ1v) is 8.19. The molecule has 0 unspecified atom stereocenters. The molecule has 0 bridgehead atoms. The SMILES string of the molecule is Cl.O=C(CCN(Cc1ccc(F)cc1)C1CC1)N1CCNCC1. The Labute approximate surface area is 143 Å². The van der Waals surface area contributed by atoms with Gasteiger partial charge in [-0.3, -0.25) is 9.69 Å². The summed E-state index contributed by atoms with van der Waals surface area (Å²) in [6.07, 6.45) is 3.00. The van der Waals surface area contributed by atoms with Gasteiger partial charge in [0.2, 0.25) is 5.91 Å². The molecule has 23 heavy (non-hydrogen) atoms. The average molecular weight is 342 g/mol. The largest absolute Gasteiger partial charge is 0.340 e. The van der Waals surface area contributed by atoms with Crippen LogP contribution in [-0.2, 0) is 11.3 Å². The third-order valence-corrected chi connectivity index (χ3v) is 4.44. The number of amides is 1. The van der Waals surface area contributed by atoms with Gasteiger partial charge < -0.3 is 10.2 Å². The predicted octanol–water partition coefficient (Wildman–Crippen LogP) is 2.03. The van der Waals surface area contributed by atoms with Gasteiger partial charge in [-0.05, 0) is 30.5 Å². The first-order valence-electron chi connectivity index (χ1n) is 8.19. The maximum absolute atomic E-state index is 13.0. The van der Waals surface area contributed by atoms with Gasteiger partial charge in [-0.15, -0.1) is 12.4 Å². The first-order chi connectivity index (χ1) is 10.7. The fourth-order valence-corrected chi connectivity index (χ4v) is 2.97. The monoisotopic (exact) mass is 341 g/mol. The highest BCUT2D eigenvalue weighted by atomic mass is 35.5. The highest BCUT2D eigenvalue weighted by molar-refractivity contribution is 5.85. The van der Waals surface area contributed by atoms with E-state index < -0.39 is 0 Å². The van der Waals surface area contributed by atoms with Crippen LogP contribution in [0.5, 0.6) is 0 Å². The number of carbonyl (C=O) groups excluding carboxylic acids is 1. The van der Waals surface area contributed by atoms with Crippen molar-refractivity contribution in [3.8, 4) is 0 Å². The van der Waals surface area contributed by atoms with E-state index in [0.717, 1.165) is 44.8 Å². The van der Waals surface area contributed by atoms with E-state index in [2.05, 4.69) is 10.2 Å². The normalized spacial score (nSPS) is 17.9. The molecule has 2 aliphatic rings. The molecule has 0 aromatic heterocycles. The molecule has 3 rings (SSSR count). The summed E-state index contributed by atoms with van der Waals surface area (Å²) in [6.45, 7) is 5.03. The number of piperazine rings is 1. The van der Waals surface area contributed by atoms with Gasteiger partial charge in [0.05, 0.1) is 0 Å². The van der Waals surface area contributed by atoms with Crippen LogP contribution in [0, 0.1) is 5.82 Å². The lowest BCUT2D eigenvalue weighted by molar-refractivity contribution is -0.132. The molecule has 1 aromatic rings. The van der Waals surface area contributed by atoms with Gasteiger partial charge in [0.25, 0.3) is 0 Å². The summed E-state index contributed by atoms with van der Waals surface area (Å²) in [5.41, 5.74) is 1.11. The number of benzene rings is 1. The van der Waals surface area contributed by atoms with E-state index in [-0.39, 0.29) is 24.1 Å².